The van der Waals surface area contributed by atoms with Crippen molar-refractivity contribution in [1.29, 1.82) is 0 Å². The molecule has 0 aromatic heterocycles. The number of benzene rings is 1. The van der Waals surface area contributed by atoms with Crippen LogP contribution in [0.5, 0.6) is 0 Å². The van der Waals surface area contributed by atoms with E-state index >= 15 is 0 Å². The van der Waals surface area contributed by atoms with Gasteiger partial charge in [0.2, 0.25) is 0 Å². The van der Waals surface area contributed by atoms with Crippen LogP contribution in [-0.2, 0) is 6.42 Å². The van der Waals surface area contributed by atoms with Crippen LogP contribution in [-0.4, -0.2) is 0 Å². The van der Waals surface area contributed by atoms with Crippen LogP contribution in [0.1, 0.15) is 89.5 Å². The maximum absolute atomic E-state index is 13.6. The highest BCUT2D eigenvalue weighted by molar-refractivity contribution is 5.18. The van der Waals surface area contributed by atoms with Crippen LogP contribution in [0.3, 0.4) is 0 Å². The highest BCUT2D eigenvalue weighted by Crippen LogP contribution is 2.38. The molecule has 0 heterocycles. The van der Waals surface area contributed by atoms with E-state index in [9.17, 15) is 8.78 Å². The average Bonchev–Trinajstić information content (AvgIpc) is 2.69. The molecule has 2 fully saturated rings. The molecule has 1 aromatic rings. The second-order valence-corrected chi connectivity index (χ2v) is 8.98. The van der Waals surface area contributed by atoms with E-state index < -0.39 is 11.6 Å². The third-order valence-electron chi connectivity index (χ3n) is 7.29. The van der Waals surface area contributed by atoms with E-state index in [-0.39, 0.29) is 0 Å². The van der Waals surface area contributed by atoms with Crippen LogP contribution in [0.4, 0.5) is 8.78 Å². The molecule has 2 saturated carbocycles. The second kappa shape index (κ2) is 9.85. The molecular weight excluding hydrogens is 326 g/mol. The fraction of sp³-hybridized carbons (Fsp3) is 0.750. The van der Waals surface area contributed by atoms with Crippen LogP contribution < -0.4 is 0 Å². The molecule has 1 aromatic carbocycles. The number of hydrogen-bond donors (Lipinski definition) is 0. The minimum atomic E-state index is -0.726. The molecule has 1 unspecified atom stereocenters. The molecule has 0 nitrogen and oxygen atoms in total. The van der Waals surface area contributed by atoms with Crippen molar-refractivity contribution in [1.82, 2.24) is 0 Å². The van der Waals surface area contributed by atoms with Crippen molar-refractivity contribution < 1.29 is 8.78 Å². The molecule has 0 N–H and O–H groups in total. The van der Waals surface area contributed by atoms with E-state index in [0.29, 0.717) is 5.92 Å². The Balaban J connectivity index is 1.58. The molecule has 2 aliphatic rings. The van der Waals surface area contributed by atoms with Gasteiger partial charge in [0.15, 0.2) is 11.6 Å². The van der Waals surface area contributed by atoms with Gasteiger partial charge in [0.25, 0.3) is 0 Å². The maximum Gasteiger partial charge on any atom is 0.159 e. The number of rotatable bonds is 7. The standard InChI is InChI=1S/C24H36F2/c1-2-18-8-10-19(11-9-18)12-14-22(21-6-4-3-5-7-21)16-20-13-15-23(25)24(26)17-20/h13,15,17-19,21-22H,2-12,14,16H2,1H3. The summed E-state index contributed by atoms with van der Waals surface area (Å²) in [5.74, 6) is 1.86. The summed E-state index contributed by atoms with van der Waals surface area (Å²) in [5.41, 5.74) is 0.981. The first-order valence-corrected chi connectivity index (χ1v) is 11.1. The lowest BCUT2D eigenvalue weighted by molar-refractivity contribution is 0.198. The summed E-state index contributed by atoms with van der Waals surface area (Å²) in [6, 6.07) is 4.52. The van der Waals surface area contributed by atoms with Crippen LogP contribution >= 0.6 is 0 Å². The normalized spacial score (nSPS) is 26.0. The van der Waals surface area contributed by atoms with E-state index in [1.165, 1.54) is 89.2 Å². The molecule has 3 rings (SSSR count). The van der Waals surface area contributed by atoms with Gasteiger partial charge in [0, 0.05) is 0 Å². The lowest BCUT2D eigenvalue weighted by Gasteiger charge is -2.33. The van der Waals surface area contributed by atoms with Crippen LogP contribution in [0.25, 0.3) is 0 Å². The molecule has 0 aliphatic heterocycles. The quantitative estimate of drug-likeness (QED) is 0.466. The van der Waals surface area contributed by atoms with Gasteiger partial charge in [-0.2, -0.15) is 0 Å². The minimum Gasteiger partial charge on any atom is -0.204 e. The molecule has 2 heteroatoms. The SMILES string of the molecule is CCC1CCC(CCC(Cc2ccc(F)c(F)c2)C2CCCCC2)CC1. The Morgan fingerprint density at radius 3 is 2.23 bits per heavy atom. The molecular formula is C24H36F2. The first-order valence-electron chi connectivity index (χ1n) is 11.1. The van der Waals surface area contributed by atoms with Crippen molar-refractivity contribution in [2.45, 2.75) is 90.4 Å². The lowest BCUT2D eigenvalue weighted by atomic mass is 9.72. The number of hydrogen-bond acceptors (Lipinski definition) is 0. The van der Waals surface area contributed by atoms with Crippen LogP contribution in [0, 0.1) is 35.3 Å². The fourth-order valence-corrected chi connectivity index (χ4v) is 5.46. The largest absolute Gasteiger partial charge is 0.204 e. The zero-order chi connectivity index (χ0) is 18.4. The maximum atomic E-state index is 13.6. The zero-order valence-electron chi connectivity index (χ0n) is 16.5. The summed E-state index contributed by atoms with van der Waals surface area (Å²) in [4.78, 5) is 0. The topological polar surface area (TPSA) is 0 Å². The molecule has 146 valence electrons. The van der Waals surface area contributed by atoms with Crippen molar-refractivity contribution in [2.24, 2.45) is 23.7 Å². The Hall–Kier alpha value is -0.920. The van der Waals surface area contributed by atoms with Crippen molar-refractivity contribution in [3.8, 4) is 0 Å². The fourth-order valence-electron chi connectivity index (χ4n) is 5.46. The van der Waals surface area contributed by atoms with Crippen LogP contribution in [0.2, 0.25) is 0 Å². The summed E-state index contributed by atoms with van der Waals surface area (Å²) < 4.78 is 26.9. The Labute approximate surface area is 158 Å². The van der Waals surface area contributed by atoms with Crippen molar-refractivity contribution in [3.05, 3.63) is 35.4 Å². The molecule has 2 aliphatic carbocycles. The predicted octanol–water partition coefficient (Wildman–Crippen LogP) is 7.70. The highest BCUT2D eigenvalue weighted by Gasteiger charge is 2.26. The van der Waals surface area contributed by atoms with Gasteiger partial charge in [-0.3, -0.25) is 0 Å². The summed E-state index contributed by atoms with van der Waals surface area (Å²) in [5, 5.41) is 0. The van der Waals surface area contributed by atoms with E-state index in [2.05, 4.69) is 6.92 Å². The van der Waals surface area contributed by atoms with E-state index in [0.717, 1.165) is 29.7 Å². The van der Waals surface area contributed by atoms with Gasteiger partial charge in [0.05, 0.1) is 0 Å². The Morgan fingerprint density at radius 1 is 0.885 bits per heavy atom. The summed E-state index contributed by atoms with van der Waals surface area (Å²) in [7, 11) is 0. The van der Waals surface area contributed by atoms with E-state index in [1.54, 1.807) is 6.07 Å². The van der Waals surface area contributed by atoms with Gasteiger partial charge in [0.1, 0.15) is 0 Å². The van der Waals surface area contributed by atoms with Crippen molar-refractivity contribution in [3.63, 3.8) is 0 Å². The van der Waals surface area contributed by atoms with Gasteiger partial charge in [-0.15, -0.1) is 0 Å². The summed E-state index contributed by atoms with van der Waals surface area (Å²) >= 11 is 0. The first-order chi connectivity index (χ1) is 12.7. The molecule has 0 saturated heterocycles. The smallest absolute Gasteiger partial charge is 0.159 e. The number of halogens is 2. The lowest BCUT2D eigenvalue weighted by Crippen LogP contribution is -2.22. The van der Waals surface area contributed by atoms with Crippen LogP contribution in [0.15, 0.2) is 18.2 Å². The summed E-state index contributed by atoms with van der Waals surface area (Å²) in [6.07, 6.45) is 17.2. The predicted molar refractivity (Wildman–Crippen MR) is 105 cm³/mol. The van der Waals surface area contributed by atoms with Gasteiger partial charge < -0.3 is 0 Å². The second-order valence-electron chi connectivity index (χ2n) is 8.98. The van der Waals surface area contributed by atoms with Gasteiger partial charge in [-0.1, -0.05) is 83.6 Å². The molecule has 0 amide bonds. The monoisotopic (exact) mass is 362 g/mol. The van der Waals surface area contributed by atoms with Crippen molar-refractivity contribution >= 4 is 0 Å². The summed E-state index contributed by atoms with van der Waals surface area (Å²) in [6.45, 7) is 2.33. The molecule has 26 heavy (non-hydrogen) atoms. The Kier molecular flexibility index (Phi) is 7.52. The molecule has 0 radical (unpaired) electrons. The van der Waals surface area contributed by atoms with Gasteiger partial charge >= 0.3 is 0 Å². The molecule has 0 spiro atoms. The molecule has 0 bridgehead atoms. The minimum absolute atomic E-state index is 0.643. The Bertz CT molecular complexity index is 539. The zero-order valence-corrected chi connectivity index (χ0v) is 16.5. The highest BCUT2D eigenvalue weighted by atomic mass is 19.2. The molecule has 1 atom stereocenters. The van der Waals surface area contributed by atoms with E-state index in [1.807, 2.05) is 0 Å². The third-order valence-corrected chi connectivity index (χ3v) is 7.29. The Morgan fingerprint density at radius 2 is 1.58 bits per heavy atom. The van der Waals surface area contributed by atoms with E-state index in [4.69, 9.17) is 0 Å². The van der Waals surface area contributed by atoms with Gasteiger partial charge in [-0.25, -0.2) is 8.78 Å². The van der Waals surface area contributed by atoms with Crippen molar-refractivity contribution in [2.75, 3.05) is 0 Å². The first kappa shape index (κ1) is 19.8. The van der Waals surface area contributed by atoms with Gasteiger partial charge in [-0.05, 0) is 54.2 Å². The third kappa shape index (κ3) is 5.54. The average molecular weight is 363 g/mol.